The summed E-state index contributed by atoms with van der Waals surface area (Å²) in [6.45, 7) is 47.5. The Hall–Kier alpha value is -6.88. The lowest BCUT2D eigenvalue weighted by Gasteiger charge is -2.37. The van der Waals surface area contributed by atoms with Gasteiger partial charge in [-0.05, 0) is 179 Å². The van der Waals surface area contributed by atoms with Crippen LogP contribution in [0, 0.1) is 3.57 Å². The van der Waals surface area contributed by atoms with E-state index in [4.69, 9.17) is 60.3 Å². The summed E-state index contributed by atoms with van der Waals surface area (Å²) in [5.74, 6) is -2.03. The second kappa shape index (κ2) is 47.9. The molecule has 5 aromatic heterocycles. The standard InChI is InChI=1S/C20H31BrINO4Si.C20H28BrNO8.C20H32BrNO4Si.C20H29NO8.C14H18BrNO4/c1-8-9-14(24)17-19(26-5)18(25)15(22)16-13(21)10-12(23(16)17)11-27-28(6,7)20(2,3)4;1-19(2,3)30-18(25)22-11(10-28-20(22,4)5)8-12(21)14-9-13(23)15(26-6)16(29-14)17(24)27-7;1-8-9-16(23)18-19(25-5)17(24)11-15-14(21)10-13(22(15)18)12-26-27(6,7)20(2,3)4;1-19(2,3)29-18(24)21-12(11-27-20(21,4)5)8-9-13-10-14(22)15(25-6)16(28-13)17(23)26-7;1-3-4-11(18)13-14(20-2)12(19)6-10-9(15)5-8(7-17)16(10)13/h12-13H,8-11H2,1-7H3;9,11-12H,8,10H2,1-7H3;11,13-14H,8-10,12H2,1-7H3;10,12H,8-9,11H2,1-7H3;6,8-9,17H,3-5,7H2,1-2H3/t12-,13-;11-,12?;13-,14-;12-;8-,9?/m00000/s1. The number of Topliss-reactive ketones (excluding diaryl/α,β-unsaturated/α-hetero) is 3. The lowest BCUT2D eigenvalue weighted by molar-refractivity contribution is -0.0638. The van der Waals surface area contributed by atoms with Crippen molar-refractivity contribution < 1.29 is 108 Å². The van der Waals surface area contributed by atoms with E-state index in [0.29, 0.717) is 86.1 Å². The minimum atomic E-state index is -1.93. The van der Waals surface area contributed by atoms with Gasteiger partial charge in [-0.25, -0.2) is 19.2 Å². The highest BCUT2D eigenvalue weighted by Crippen LogP contribution is 2.49. The van der Waals surface area contributed by atoms with E-state index in [1.165, 1.54) is 72.9 Å². The van der Waals surface area contributed by atoms with Gasteiger partial charge in [-0.3, -0.25) is 48.2 Å². The number of rotatable bonds is 29. The van der Waals surface area contributed by atoms with Crippen molar-refractivity contribution >= 4 is 144 Å². The van der Waals surface area contributed by atoms with Gasteiger partial charge in [0.2, 0.25) is 38.6 Å². The van der Waals surface area contributed by atoms with Crippen LogP contribution < -0.4 is 50.8 Å². The summed E-state index contributed by atoms with van der Waals surface area (Å²) in [4.78, 5) is 152. The van der Waals surface area contributed by atoms with Gasteiger partial charge in [0.05, 0.1) is 136 Å². The number of carbonyl (C=O) groups excluding carboxylic acids is 7. The molecule has 750 valence electrons. The van der Waals surface area contributed by atoms with Gasteiger partial charge in [-0.2, -0.15) is 0 Å². The molecule has 0 aliphatic carbocycles. The molecule has 2 saturated heterocycles. The van der Waals surface area contributed by atoms with Crippen LogP contribution in [0.15, 0.2) is 57.1 Å². The van der Waals surface area contributed by atoms with E-state index in [9.17, 15) is 62.6 Å². The molecule has 33 nitrogen and oxygen atoms in total. The monoisotopic (exact) mass is 2280 g/mol. The third kappa shape index (κ3) is 27.8. The summed E-state index contributed by atoms with van der Waals surface area (Å²) < 4.78 is 88.3. The zero-order valence-corrected chi connectivity index (χ0v) is 93.6. The van der Waals surface area contributed by atoms with Crippen molar-refractivity contribution in [1.82, 2.24) is 23.5 Å². The molecule has 10 rings (SSSR count). The molecule has 134 heavy (non-hydrogen) atoms. The number of esters is 2. The number of methoxy groups -OCH3 is 7. The molecule has 40 heteroatoms. The van der Waals surface area contributed by atoms with Crippen LogP contribution in [-0.2, 0) is 43.7 Å². The fourth-order valence-electron chi connectivity index (χ4n) is 15.4. The molecule has 5 aromatic rings. The van der Waals surface area contributed by atoms with Crippen LogP contribution in [0.1, 0.15) is 321 Å². The molecule has 0 radical (unpaired) electrons. The van der Waals surface area contributed by atoms with Gasteiger partial charge in [0.15, 0.2) is 51.2 Å². The summed E-state index contributed by atoms with van der Waals surface area (Å²) in [5, 5.41) is 9.75. The predicted molar refractivity (Wildman–Crippen MR) is 536 cm³/mol. The lowest BCUT2D eigenvalue weighted by Crippen LogP contribution is -2.50. The van der Waals surface area contributed by atoms with Crippen molar-refractivity contribution in [2.24, 2.45) is 0 Å². The van der Waals surface area contributed by atoms with Gasteiger partial charge in [-0.1, -0.05) is 126 Å². The topological polar surface area (TPSA) is 393 Å². The average molecular weight is 2290 g/mol. The maximum Gasteiger partial charge on any atom is 0.412 e. The largest absolute Gasteiger partial charge is 0.491 e. The zero-order valence-electron chi connectivity index (χ0n) is 83.1. The number of aromatic nitrogens is 3. The number of ketones is 3. The second-order valence-electron chi connectivity index (χ2n) is 39.1. The minimum Gasteiger partial charge on any atom is -0.491 e. The van der Waals surface area contributed by atoms with Crippen LogP contribution in [-0.4, -0.2) is 204 Å². The first-order valence-electron chi connectivity index (χ1n) is 44.7. The molecule has 0 spiro atoms. The minimum absolute atomic E-state index is 0.00352. The molecule has 2 unspecified atom stereocenters. The van der Waals surface area contributed by atoms with Gasteiger partial charge in [-0.15, -0.1) is 0 Å². The number of aryl methyl sites for hydroxylation is 1. The molecule has 9 atom stereocenters. The Morgan fingerprint density at radius 3 is 1.25 bits per heavy atom. The quantitative estimate of drug-likeness (QED) is 0.0116. The van der Waals surface area contributed by atoms with Gasteiger partial charge in [0, 0.05) is 67.0 Å². The predicted octanol–water partition coefficient (Wildman–Crippen LogP) is 19.7. The van der Waals surface area contributed by atoms with E-state index in [0.717, 1.165) is 42.8 Å². The Morgan fingerprint density at radius 1 is 0.500 bits per heavy atom. The summed E-state index contributed by atoms with van der Waals surface area (Å²) in [5.41, 5.74) is -1.21. The first kappa shape index (κ1) is 116. The van der Waals surface area contributed by atoms with E-state index < -0.39 is 79.1 Å². The first-order valence-corrected chi connectivity index (χ1v) is 55.3. The fourth-order valence-corrected chi connectivity index (χ4v) is 21.9. The van der Waals surface area contributed by atoms with Gasteiger partial charge < -0.3 is 88.6 Å². The van der Waals surface area contributed by atoms with Crippen LogP contribution >= 0.6 is 86.3 Å². The number of carbonyl (C=O) groups is 7. The Morgan fingerprint density at radius 2 is 0.858 bits per heavy atom. The van der Waals surface area contributed by atoms with E-state index >= 15 is 0 Å². The number of aliphatic hydroxyl groups is 1. The first-order chi connectivity index (χ1) is 62.0. The van der Waals surface area contributed by atoms with Crippen molar-refractivity contribution in [2.75, 3.05) is 82.8 Å². The molecule has 0 aromatic carbocycles. The molecule has 10 heterocycles. The number of fused-ring (bicyclic) bond motifs is 3. The average Bonchev–Trinajstić information content (AvgIpc) is 1.57. The summed E-state index contributed by atoms with van der Waals surface area (Å²) in [6.07, 6.45) is 5.60. The van der Waals surface area contributed by atoms with Crippen molar-refractivity contribution in [3.8, 4) is 28.7 Å². The Bertz CT molecular complexity index is 5350. The summed E-state index contributed by atoms with van der Waals surface area (Å²) in [6, 6.07) is 4.73. The van der Waals surface area contributed by atoms with Gasteiger partial charge >= 0.3 is 24.1 Å². The molecule has 5 aliphatic rings. The van der Waals surface area contributed by atoms with Crippen molar-refractivity contribution in [3.63, 3.8) is 0 Å². The number of ether oxygens (including phenoxy) is 11. The molecule has 5 aliphatic heterocycles. The zero-order chi connectivity index (χ0) is 102. The third-order valence-corrected chi connectivity index (χ3v) is 37.5. The number of hydrogen-bond donors (Lipinski definition) is 1. The maximum atomic E-state index is 13.0. The smallest absolute Gasteiger partial charge is 0.412 e. The summed E-state index contributed by atoms with van der Waals surface area (Å²) >= 11 is 16.5. The molecule has 0 saturated carbocycles. The van der Waals surface area contributed by atoms with E-state index in [1.54, 1.807) is 84.8 Å². The second-order valence-corrected chi connectivity index (χ2v) is 54.2. The molecule has 1 N–H and O–H groups in total. The highest BCUT2D eigenvalue weighted by molar-refractivity contribution is 14.1. The van der Waals surface area contributed by atoms with Crippen molar-refractivity contribution in [2.45, 2.75) is 317 Å². The molecular weight excluding hydrogens is 2150 g/mol. The third-order valence-electron chi connectivity index (χ3n) is 24.1. The number of alkyl halides is 4. The molecule has 2 fully saturated rings. The summed E-state index contributed by atoms with van der Waals surface area (Å²) in [7, 11) is 5.36. The normalized spacial score (nSPS) is 19.5. The Labute approximate surface area is 834 Å². The van der Waals surface area contributed by atoms with E-state index in [1.807, 2.05) is 29.9 Å². The maximum absolute atomic E-state index is 13.0. The Balaban J connectivity index is 0.000000259. The SMILES string of the molecule is CCCC(=O)c1c(OC)c(=O)c(I)c2n1[C@H](CO[Si](C)(C)C(C)(C)C)C[C@@H]2Br.CCCC(=O)c1c(OC)c(=O)cc2n1[C@H](CO)CC2Br.CCCC(=O)c1c(OC)c(=O)cc2n1[C@H](CO[Si](C)(C)C(C)(C)C)C[C@@H]2Br.COC(=O)c1oc(C(Br)C[C@H]2COC(C)(C)N2C(=O)OC(C)(C)C)cc(=O)c1OC.COC(=O)c1oc(CC[C@H]2COC(C)(C)N2C(=O)OC(C)(C)C)cc(=O)c1OC. The number of aliphatic hydroxyl groups excluding tert-OH is 1. The molecule has 0 bridgehead atoms. The highest BCUT2D eigenvalue weighted by atomic mass is 127. The van der Waals surface area contributed by atoms with Gasteiger partial charge in [0.1, 0.15) is 51.3 Å². The Kier molecular flexibility index (Phi) is 41.4. The van der Waals surface area contributed by atoms with Crippen LogP contribution in [0.3, 0.4) is 0 Å². The van der Waals surface area contributed by atoms with E-state index in [-0.39, 0.29) is 159 Å². The van der Waals surface area contributed by atoms with Crippen molar-refractivity contribution in [3.05, 3.63) is 136 Å². The van der Waals surface area contributed by atoms with Crippen LogP contribution in [0.2, 0.25) is 36.3 Å². The fraction of sp³-hybridized carbons (Fsp3) is 0.660. The van der Waals surface area contributed by atoms with Crippen LogP contribution in [0.4, 0.5) is 9.59 Å². The lowest BCUT2D eigenvalue weighted by atomic mass is 10.1. The number of amides is 2. The number of halogens is 5. The van der Waals surface area contributed by atoms with E-state index in [2.05, 4.69) is 164 Å². The van der Waals surface area contributed by atoms with Crippen LogP contribution in [0.5, 0.6) is 28.7 Å². The van der Waals surface area contributed by atoms with Crippen molar-refractivity contribution in [1.29, 1.82) is 0 Å². The molecule has 2 amide bonds. The number of nitrogens with zero attached hydrogens (tertiary/aromatic N) is 5. The highest BCUT2D eigenvalue weighted by Gasteiger charge is 2.50. The van der Waals surface area contributed by atoms with Gasteiger partial charge in [0.25, 0.3) is 11.5 Å². The van der Waals surface area contributed by atoms with Crippen LogP contribution in [0.25, 0.3) is 0 Å². The number of pyridine rings is 3. The molecular formula is C94H138Br4IN5O28Si2. The number of hydrogen-bond acceptors (Lipinski definition) is 28.